The predicted octanol–water partition coefficient (Wildman–Crippen LogP) is 20.7. The van der Waals surface area contributed by atoms with Crippen molar-refractivity contribution in [3.8, 4) is 0 Å². The number of carbonyl (C=O) groups is 3. The van der Waals surface area contributed by atoms with E-state index in [9.17, 15) is 14.4 Å². The molecule has 7 heteroatoms. The molecule has 0 saturated carbocycles. The zero-order valence-corrected chi connectivity index (χ0v) is 46.8. The molecular formula is C60H114DyO6. The predicted molar refractivity (Wildman–Crippen MR) is 289 cm³/mol. The van der Waals surface area contributed by atoms with Crippen molar-refractivity contribution in [1.82, 2.24) is 0 Å². The second kappa shape index (κ2) is 69.2. The van der Waals surface area contributed by atoms with E-state index in [0.29, 0.717) is 19.3 Å². The number of rotatable bonds is 51. The van der Waals surface area contributed by atoms with Crippen LogP contribution < -0.4 is 0 Å². The molecule has 400 valence electrons. The van der Waals surface area contributed by atoms with Gasteiger partial charge in [0, 0.05) is 57.4 Å². The minimum atomic E-state index is -0.663. The van der Waals surface area contributed by atoms with Crippen LogP contribution in [-0.4, -0.2) is 33.2 Å². The molecule has 0 aromatic rings. The molecule has 0 heterocycles. The first kappa shape index (κ1) is 72.4. The fourth-order valence-corrected chi connectivity index (χ4v) is 8.10. The Morgan fingerprint density at radius 1 is 0.239 bits per heavy atom. The van der Waals surface area contributed by atoms with Crippen molar-refractivity contribution in [3.05, 3.63) is 36.5 Å². The van der Waals surface area contributed by atoms with Gasteiger partial charge in [-0.05, 0) is 96.3 Å². The van der Waals surface area contributed by atoms with Crippen molar-refractivity contribution >= 4 is 17.9 Å². The number of allylic oxidation sites excluding steroid dienone is 6. The second-order valence-electron chi connectivity index (χ2n) is 19.3. The second-order valence-corrected chi connectivity index (χ2v) is 19.3. The van der Waals surface area contributed by atoms with Crippen molar-refractivity contribution in [2.24, 2.45) is 0 Å². The molecule has 0 rings (SSSR count). The van der Waals surface area contributed by atoms with Crippen LogP contribution in [0.2, 0.25) is 0 Å². The fraction of sp³-hybridized carbons (Fsp3) is 0.850. The maximum Gasteiger partial charge on any atom is 0.303 e. The van der Waals surface area contributed by atoms with Crippen LogP contribution in [-0.2, 0) is 14.4 Å². The maximum atomic E-state index is 10.4. The van der Waals surface area contributed by atoms with Gasteiger partial charge in [0.1, 0.15) is 0 Å². The van der Waals surface area contributed by atoms with E-state index in [4.69, 9.17) is 15.3 Å². The quantitative estimate of drug-likeness (QED) is 0.0413. The van der Waals surface area contributed by atoms with E-state index in [0.717, 1.165) is 38.5 Å². The summed E-state index contributed by atoms with van der Waals surface area (Å²) in [5.41, 5.74) is 0. The summed E-state index contributed by atoms with van der Waals surface area (Å²) in [6.07, 6.45) is 72.5. The van der Waals surface area contributed by atoms with Gasteiger partial charge in [-0.15, -0.1) is 0 Å². The molecule has 0 radical (unpaired) electrons. The smallest absolute Gasteiger partial charge is 0.303 e. The van der Waals surface area contributed by atoms with Gasteiger partial charge in [0.15, 0.2) is 0 Å². The van der Waals surface area contributed by atoms with Gasteiger partial charge >= 0.3 is 17.9 Å². The molecule has 67 heavy (non-hydrogen) atoms. The Bertz CT molecular complexity index is 911. The number of unbranched alkanes of at least 4 members (excludes halogenated alkanes) is 39. The van der Waals surface area contributed by atoms with Crippen LogP contribution in [0.4, 0.5) is 0 Å². The molecular weight excluding hydrogens is 979 g/mol. The monoisotopic (exact) mass is 1090 g/mol. The average molecular weight is 1090 g/mol. The summed E-state index contributed by atoms with van der Waals surface area (Å²) in [6.45, 7) is 6.81. The Balaban J connectivity index is -0.000000441. The molecule has 0 aliphatic carbocycles. The number of hydrogen-bond donors (Lipinski definition) is 3. The van der Waals surface area contributed by atoms with E-state index in [1.165, 1.54) is 250 Å². The van der Waals surface area contributed by atoms with Crippen LogP contribution in [0.5, 0.6) is 0 Å². The van der Waals surface area contributed by atoms with E-state index in [-0.39, 0.29) is 38.2 Å². The minimum Gasteiger partial charge on any atom is -0.481 e. The minimum absolute atomic E-state index is 0. The zero-order chi connectivity index (χ0) is 48.9. The van der Waals surface area contributed by atoms with Gasteiger partial charge in [0.2, 0.25) is 0 Å². The Kier molecular flexibility index (Phi) is 74.8. The van der Waals surface area contributed by atoms with Gasteiger partial charge in [-0.3, -0.25) is 14.4 Å². The Morgan fingerprint density at radius 3 is 0.522 bits per heavy atom. The van der Waals surface area contributed by atoms with Crippen molar-refractivity contribution < 1.29 is 67.9 Å². The van der Waals surface area contributed by atoms with E-state index in [1.54, 1.807) is 0 Å². The molecule has 0 unspecified atom stereocenters. The van der Waals surface area contributed by atoms with E-state index >= 15 is 0 Å². The van der Waals surface area contributed by atoms with Crippen LogP contribution in [0, 0.1) is 38.2 Å². The van der Waals surface area contributed by atoms with Gasteiger partial charge in [0.25, 0.3) is 0 Å². The first-order chi connectivity index (χ1) is 32.3. The molecule has 0 saturated heterocycles. The SMILES string of the molecule is CCCCCCCCCC/C=C\CCCCCCCC(=O)O.CCCCCCCCCC/C=C\CCCCCCCC(=O)O.CCCCCCCCCC/C=C\CCCCCCCC(=O)O.[Dy]. The van der Waals surface area contributed by atoms with Crippen LogP contribution in [0.25, 0.3) is 0 Å². The average Bonchev–Trinajstić information content (AvgIpc) is 3.29. The number of carboxylic acid groups (broad SMARTS) is 3. The molecule has 0 amide bonds. The normalized spacial score (nSPS) is 11.1. The number of hydrogen-bond acceptors (Lipinski definition) is 3. The molecule has 0 aliphatic rings. The van der Waals surface area contributed by atoms with Crippen LogP contribution in [0.3, 0.4) is 0 Å². The number of aliphatic carboxylic acids is 3. The topological polar surface area (TPSA) is 112 Å². The summed E-state index contributed by atoms with van der Waals surface area (Å²) < 4.78 is 0. The zero-order valence-electron chi connectivity index (χ0n) is 44.8. The summed E-state index contributed by atoms with van der Waals surface area (Å²) in [5, 5.41) is 25.6. The summed E-state index contributed by atoms with van der Waals surface area (Å²) in [6, 6.07) is 0. The fourth-order valence-electron chi connectivity index (χ4n) is 8.10. The first-order valence-electron chi connectivity index (χ1n) is 28.9. The number of carboxylic acids is 3. The van der Waals surface area contributed by atoms with Crippen molar-refractivity contribution in [1.29, 1.82) is 0 Å². The molecule has 0 bridgehead atoms. The molecule has 0 spiro atoms. The largest absolute Gasteiger partial charge is 0.481 e. The Labute approximate surface area is 448 Å². The van der Waals surface area contributed by atoms with E-state index in [2.05, 4.69) is 57.2 Å². The molecule has 0 fully saturated rings. The van der Waals surface area contributed by atoms with Gasteiger partial charge in [-0.1, -0.05) is 250 Å². The van der Waals surface area contributed by atoms with Crippen LogP contribution >= 0.6 is 0 Å². The van der Waals surface area contributed by atoms with Gasteiger partial charge in [-0.25, -0.2) is 0 Å². The van der Waals surface area contributed by atoms with Crippen molar-refractivity contribution in [3.63, 3.8) is 0 Å². The summed E-state index contributed by atoms with van der Waals surface area (Å²) in [7, 11) is 0. The standard InChI is InChI=1S/3C20H38O2.Dy/c3*1-2-3-4-5-6-7-8-9-10-11-12-13-14-15-16-17-18-19-20(21)22;/h3*11-12H,2-10,13-19H2,1H3,(H,21,22);/b3*12-11-;. The maximum absolute atomic E-state index is 10.4. The molecule has 0 aliphatic heterocycles. The third-order valence-corrected chi connectivity index (χ3v) is 12.5. The van der Waals surface area contributed by atoms with Gasteiger partial charge in [-0.2, -0.15) is 0 Å². The Morgan fingerprint density at radius 2 is 0.373 bits per heavy atom. The molecule has 0 atom stereocenters. The van der Waals surface area contributed by atoms with Crippen molar-refractivity contribution in [2.75, 3.05) is 0 Å². The first-order valence-corrected chi connectivity index (χ1v) is 28.9. The van der Waals surface area contributed by atoms with Crippen LogP contribution in [0.15, 0.2) is 36.5 Å². The van der Waals surface area contributed by atoms with E-state index in [1.807, 2.05) is 0 Å². The molecule has 3 N–H and O–H groups in total. The summed E-state index contributed by atoms with van der Waals surface area (Å²) >= 11 is 0. The molecule has 0 aromatic heterocycles. The molecule has 6 nitrogen and oxygen atoms in total. The Hall–Kier alpha value is -1.10. The van der Waals surface area contributed by atoms with E-state index < -0.39 is 17.9 Å². The third-order valence-electron chi connectivity index (χ3n) is 12.5. The van der Waals surface area contributed by atoms with Gasteiger partial charge < -0.3 is 15.3 Å². The van der Waals surface area contributed by atoms with Crippen LogP contribution in [0.1, 0.15) is 329 Å². The summed E-state index contributed by atoms with van der Waals surface area (Å²) in [4.78, 5) is 31.1. The van der Waals surface area contributed by atoms with Crippen molar-refractivity contribution in [2.45, 2.75) is 329 Å². The molecule has 0 aromatic carbocycles. The van der Waals surface area contributed by atoms with Gasteiger partial charge in [0.05, 0.1) is 0 Å². The third kappa shape index (κ3) is 82.2. The summed E-state index contributed by atoms with van der Waals surface area (Å²) in [5.74, 6) is -1.99.